The first kappa shape index (κ1) is 25.8. The molecule has 37 heavy (non-hydrogen) atoms. The molecule has 0 bridgehead atoms. The number of rotatable bonds is 8. The summed E-state index contributed by atoms with van der Waals surface area (Å²) in [6.07, 6.45) is 1.70. The van der Waals surface area contributed by atoms with Crippen molar-refractivity contribution in [3.05, 3.63) is 77.5 Å². The van der Waals surface area contributed by atoms with Crippen molar-refractivity contribution in [3.8, 4) is 11.1 Å². The Labute approximate surface area is 216 Å². The van der Waals surface area contributed by atoms with Gasteiger partial charge in [0.15, 0.2) is 0 Å². The molecule has 0 fully saturated rings. The third kappa shape index (κ3) is 6.10. The van der Waals surface area contributed by atoms with Gasteiger partial charge in [0.1, 0.15) is 0 Å². The van der Waals surface area contributed by atoms with Gasteiger partial charge in [0.2, 0.25) is 11.9 Å². The van der Waals surface area contributed by atoms with Gasteiger partial charge in [-0.2, -0.15) is 0 Å². The highest BCUT2D eigenvalue weighted by Crippen LogP contribution is 2.29. The van der Waals surface area contributed by atoms with Gasteiger partial charge in [-0.15, -0.1) is 0 Å². The maximum Gasteiger partial charge on any atom is 0.255 e. The van der Waals surface area contributed by atoms with Crippen LogP contribution in [0.1, 0.15) is 35.3 Å². The maximum absolute atomic E-state index is 13.3. The summed E-state index contributed by atoms with van der Waals surface area (Å²) >= 11 is 0. The van der Waals surface area contributed by atoms with Gasteiger partial charge >= 0.3 is 0 Å². The third-order valence-corrected chi connectivity index (χ3v) is 6.37. The summed E-state index contributed by atoms with van der Waals surface area (Å²) in [5.74, 6) is -0.152. The SMILES string of the molecule is CCN(CC)CC(=O)Nc1ccc(C)cc1NC(=O)c1ccc(C)c(-c2ccc3nc(N)ncc3c2)c1. The van der Waals surface area contributed by atoms with Crippen LogP contribution in [0.2, 0.25) is 0 Å². The summed E-state index contributed by atoms with van der Waals surface area (Å²) in [5.41, 5.74) is 12.0. The lowest BCUT2D eigenvalue weighted by atomic mass is 9.97. The van der Waals surface area contributed by atoms with Crippen molar-refractivity contribution in [1.29, 1.82) is 0 Å². The van der Waals surface area contributed by atoms with Gasteiger partial charge in [0, 0.05) is 17.1 Å². The number of aromatic nitrogens is 2. The van der Waals surface area contributed by atoms with Crippen LogP contribution in [0.5, 0.6) is 0 Å². The Morgan fingerprint density at radius 1 is 0.919 bits per heavy atom. The highest BCUT2D eigenvalue weighted by Gasteiger charge is 2.15. The van der Waals surface area contributed by atoms with Gasteiger partial charge in [-0.25, -0.2) is 9.97 Å². The summed E-state index contributed by atoms with van der Waals surface area (Å²) in [6.45, 7) is 9.85. The fraction of sp³-hybridized carbons (Fsp3) is 0.241. The lowest BCUT2D eigenvalue weighted by Crippen LogP contribution is -2.33. The maximum atomic E-state index is 13.3. The number of nitrogen functional groups attached to an aromatic ring is 1. The number of anilines is 3. The molecule has 3 aromatic carbocycles. The second kappa shape index (κ2) is 11.2. The Kier molecular flexibility index (Phi) is 7.79. The summed E-state index contributed by atoms with van der Waals surface area (Å²) in [4.78, 5) is 36.3. The molecule has 4 N–H and O–H groups in total. The van der Waals surface area contributed by atoms with Crippen molar-refractivity contribution < 1.29 is 9.59 Å². The lowest BCUT2D eigenvalue weighted by Gasteiger charge is -2.19. The standard InChI is InChI=1S/C29H32N6O2/c1-5-35(6-2)17-27(36)32-25-11-7-18(3)13-26(25)33-28(37)21-9-8-19(4)23(15-21)20-10-12-24-22(14-20)16-31-29(30)34-24/h7-16H,5-6,17H2,1-4H3,(H,32,36)(H,33,37)(H2,30,31,34). The molecular weight excluding hydrogens is 464 g/mol. The van der Waals surface area contributed by atoms with Crippen LogP contribution >= 0.6 is 0 Å². The average molecular weight is 497 g/mol. The predicted octanol–water partition coefficient (Wildman–Crippen LogP) is 5.03. The highest BCUT2D eigenvalue weighted by molar-refractivity contribution is 6.08. The van der Waals surface area contributed by atoms with E-state index in [2.05, 4.69) is 20.6 Å². The Hall–Kier alpha value is -4.30. The first-order valence-corrected chi connectivity index (χ1v) is 12.3. The molecule has 8 nitrogen and oxygen atoms in total. The van der Waals surface area contributed by atoms with Crippen LogP contribution in [0, 0.1) is 13.8 Å². The van der Waals surface area contributed by atoms with E-state index in [1.807, 2.05) is 81.1 Å². The van der Waals surface area contributed by atoms with E-state index in [1.54, 1.807) is 12.3 Å². The van der Waals surface area contributed by atoms with Crippen molar-refractivity contribution in [1.82, 2.24) is 14.9 Å². The molecule has 0 spiro atoms. The second-order valence-electron chi connectivity index (χ2n) is 9.04. The van der Waals surface area contributed by atoms with E-state index in [1.165, 1.54) is 0 Å². The van der Waals surface area contributed by atoms with Crippen LogP contribution in [-0.4, -0.2) is 46.3 Å². The first-order chi connectivity index (χ1) is 17.8. The number of carbonyl (C=O) groups is 2. The molecule has 4 aromatic rings. The van der Waals surface area contributed by atoms with Crippen molar-refractivity contribution in [2.45, 2.75) is 27.7 Å². The number of nitrogens with zero attached hydrogens (tertiary/aromatic N) is 3. The molecule has 190 valence electrons. The Bertz CT molecular complexity index is 1460. The zero-order valence-electron chi connectivity index (χ0n) is 21.6. The van der Waals surface area contributed by atoms with Gasteiger partial charge in [-0.1, -0.05) is 32.0 Å². The summed E-state index contributed by atoms with van der Waals surface area (Å²) in [7, 11) is 0. The molecule has 0 aliphatic rings. The predicted molar refractivity (Wildman–Crippen MR) is 150 cm³/mol. The quantitative estimate of drug-likeness (QED) is 0.315. The van der Waals surface area contributed by atoms with Gasteiger partial charge in [0.05, 0.1) is 23.4 Å². The number of fused-ring (bicyclic) bond motifs is 1. The van der Waals surface area contributed by atoms with Crippen LogP contribution < -0.4 is 16.4 Å². The van der Waals surface area contributed by atoms with Crippen LogP contribution in [-0.2, 0) is 4.79 Å². The van der Waals surface area contributed by atoms with E-state index < -0.39 is 0 Å². The first-order valence-electron chi connectivity index (χ1n) is 12.3. The summed E-state index contributed by atoms with van der Waals surface area (Å²) < 4.78 is 0. The minimum absolute atomic E-state index is 0.122. The molecular formula is C29H32N6O2. The van der Waals surface area contributed by atoms with Crippen LogP contribution in [0.15, 0.2) is 60.8 Å². The molecule has 4 rings (SSSR count). The van der Waals surface area contributed by atoms with Crippen LogP contribution in [0.25, 0.3) is 22.0 Å². The largest absolute Gasteiger partial charge is 0.368 e. The monoisotopic (exact) mass is 496 g/mol. The smallest absolute Gasteiger partial charge is 0.255 e. The number of aryl methyl sites for hydroxylation is 2. The fourth-order valence-electron chi connectivity index (χ4n) is 4.19. The van der Waals surface area contributed by atoms with Crippen molar-refractivity contribution in [3.63, 3.8) is 0 Å². The lowest BCUT2D eigenvalue weighted by molar-refractivity contribution is -0.117. The molecule has 0 saturated carbocycles. The normalized spacial score (nSPS) is 11.1. The minimum atomic E-state index is -0.261. The Balaban J connectivity index is 1.59. The van der Waals surface area contributed by atoms with E-state index in [4.69, 9.17) is 5.73 Å². The molecule has 0 radical (unpaired) electrons. The van der Waals surface area contributed by atoms with Crippen molar-refractivity contribution in [2.24, 2.45) is 0 Å². The van der Waals surface area contributed by atoms with E-state index in [0.29, 0.717) is 23.5 Å². The van der Waals surface area contributed by atoms with Crippen LogP contribution in [0.3, 0.4) is 0 Å². The summed E-state index contributed by atoms with van der Waals surface area (Å²) in [5, 5.41) is 6.80. The number of nitrogens with two attached hydrogens (primary N) is 1. The Morgan fingerprint density at radius 3 is 2.46 bits per heavy atom. The number of benzene rings is 3. The Morgan fingerprint density at radius 2 is 1.70 bits per heavy atom. The zero-order valence-corrected chi connectivity index (χ0v) is 21.6. The second-order valence-corrected chi connectivity index (χ2v) is 9.04. The van der Waals surface area contributed by atoms with E-state index in [0.717, 1.165) is 46.2 Å². The van der Waals surface area contributed by atoms with Crippen molar-refractivity contribution >= 4 is 40.0 Å². The van der Waals surface area contributed by atoms with E-state index >= 15 is 0 Å². The molecule has 0 atom stereocenters. The third-order valence-electron chi connectivity index (χ3n) is 6.37. The molecule has 0 aliphatic heterocycles. The molecule has 0 unspecified atom stereocenters. The number of hydrogen-bond donors (Lipinski definition) is 3. The number of carbonyl (C=O) groups excluding carboxylic acids is 2. The molecule has 1 heterocycles. The highest BCUT2D eigenvalue weighted by atomic mass is 16.2. The number of likely N-dealkylation sites (N-methyl/N-ethyl adjacent to an activating group) is 1. The number of hydrogen-bond acceptors (Lipinski definition) is 6. The van der Waals surface area contributed by atoms with E-state index in [9.17, 15) is 9.59 Å². The van der Waals surface area contributed by atoms with Crippen molar-refractivity contribution in [2.75, 3.05) is 36.0 Å². The molecule has 8 heteroatoms. The van der Waals surface area contributed by atoms with Gasteiger partial charge < -0.3 is 16.4 Å². The van der Waals surface area contributed by atoms with E-state index in [-0.39, 0.29) is 17.8 Å². The van der Waals surface area contributed by atoms with Gasteiger partial charge in [-0.3, -0.25) is 14.5 Å². The summed E-state index contributed by atoms with van der Waals surface area (Å²) in [6, 6.07) is 17.0. The molecule has 2 amide bonds. The molecule has 0 aliphatic carbocycles. The van der Waals surface area contributed by atoms with Gasteiger partial charge in [0.25, 0.3) is 5.91 Å². The minimum Gasteiger partial charge on any atom is -0.368 e. The number of nitrogens with one attached hydrogen (secondary N) is 2. The topological polar surface area (TPSA) is 113 Å². The number of amides is 2. The fourth-order valence-corrected chi connectivity index (χ4v) is 4.19. The van der Waals surface area contributed by atoms with Crippen LogP contribution in [0.4, 0.5) is 17.3 Å². The van der Waals surface area contributed by atoms with Gasteiger partial charge in [-0.05, 0) is 85.6 Å². The molecule has 0 saturated heterocycles. The zero-order chi connectivity index (χ0) is 26.5. The molecule has 1 aromatic heterocycles. The average Bonchev–Trinajstić information content (AvgIpc) is 2.88.